The van der Waals surface area contributed by atoms with Gasteiger partial charge < -0.3 is 10.2 Å². The van der Waals surface area contributed by atoms with Crippen LogP contribution in [0.4, 0.5) is 4.39 Å². The average molecular weight is 480 g/mol. The molecule has 4 amide bonds. The van der Waals surface area contributed by atoms with Gasteiger partial charge in [0.1, 0.15) is 11.9 Å². The van der Waals surface area contributed by atoms with Crippen LogP contribution in [0.3, 0.4) is 0 Å². The Labute approximate surface area is 201 Å². The van der Waals surface area contributed by atoms with E-state index in [0.717, 1.165) is 11.6 Å². The number of halogens is 1. The normalized spacial score (nSPS) is 17.8. The average Bonchev–Trinajstić information content (AvgIpc) is 3.13. The lowest BCUT2D eigenvalue weighted by Crippen LogP contribution is -2.52. The van der Waals surface area contributed by atoms with Crippen molar-refractivity contribution in [2.24, 2.45) is 0 Å². The van der Waals surface area contributed by atoms with E-state index in [2.05, 4.69) is 10.6 Å². The topological polar surface area (TPSA) is 113 Å². The molecule has 2 aliphatic heterocycles. The van der Waals surface area contributed by atoms with Crippen LogP contribution in [0.2, 0.25) is 0 Å². The van der Waals surface area contributed by atoms with Crippen LogP contribution in [0.1, 0.15) is 71.0 Å². The number of amides is 4. The third-order valence-electron chi connectivity index (χ3n) is 6.43. The van der Waals surface area contributed by atoms with Gasteiger partial charge in [-0.05, 0) is 35.1 Å². The van der Waals surface area contributed by atoms with Gasteiger partial charge in [0.25, 0.3) is 11.8 Å². The summed E-state index contributed by atoms with van der Waals surface area (Å²) in [6, 6.07) is 8.37. The minimum atomic E-state index is -0.892. The summed E-state index contributed by atoms with van der Waals surface area (Å²) in [7, 11) is 0. The predicted molar refractivity (Wildman–Crippen MR) is 124 cm³/mol. The third kappa shape index (κ3) is 4.71. The molecule has 2 aliphatic rings. The van der Waals surface area contributed by atoms with Gasteiger partial charge in [0, 0.05) is 36.2 Å². The predicted octanol–water partition coefficient (Wildman–Crippen LogP) is 2.38. The van der Waals surface area contributed by atoms with E-state index in [-0.39, 0.29) is 48.0 Å². The Hall–Kier alpha value is -3.88. The lowest BCUT2D eigenvalue weighted by Gasteiger charge is -2.29. The van der Waals surface area contributed by atoms with Gasteiger partial charge in [-0.25, -0.2) is 4.39 Å². The van der Waals surface area contributed by atoms with Crippen LogP contribution in [-0.2, 0) is 32.9 Å². The van der Waals surface area contributed by atoms with Crippen molar-refractivity contribution >= 4 is 29.4 Å². The zero-order valence-corrected chi connectivity index (χ0v) is 19.7. The molecule has 35 heavy (non-hydrogen) atoms. The molecule has 2 aromatic carbocycles. The van der Waals surface area contributed by atoms with E-state index in [1.165, 1.54) is 11.0 Å². The molecule has 4 rings (SSSR count). The summed E-state index contributed by atoms with van der Waals surface area (Å²) in [5.41, 5.74) is 1.78. The van der Waals surface area contributed by atoms with Crippen molar-refractivity contribution in [2.75, 3.05) is 0 Å². The summed E-state index contributed by atoms with van der Waals surface area (Å²) >= 11 is 0. The number of nitrogens with zero attached hydrogens (tertiary/aromatic N) is 1. The van der Waals surface area contributed by atoms with E-state index in [4.69, 9.17) is 0 Å². The second kappa shape index (κ2) is 9.05. The van der Waals surface area contributed by atoms with Crippen molar-refractivity contribution < 1.29 is 28.4 Å². The molecule has 182 valence electrons. The van der Waals surface area contributed by atoms with Crippen molar-refractivity contribution in [2.45, 2.75) is 58.2 Å². The van der Waals surface area contributed by atoms with Crippen LogP contribution in [0, 0.1) is 5.82 Å². The standard InChI is InChI=1S/C26H26FN3O5/c1-26(2,3)15-6-4-14(5-7-15)22(32)24(34)28-12-17-18-13-30(20-10-11-21(31)29-23(20)33)25(35)16(18)8-9-19(17)27/h4-9,20H,10-13H2,1-3H3,(H,28,34)(H,29,31,33). The molecular weight excluding hydrogens is 453 g/mol. The molecule has 2 heterocycles. The molecule has 0 saturated carbocycles. The van der Waals surface area contributed by atoms with E-state index in [9.17, 15) is 28.4 Å². The molecule has 0 spiro atoms. The number of Topliss-reactive ketones (excluding diaryl/α,β-unsaturated/α-hetero) is 1. The fourth-order valence-corrected chi connectivity index (χ4v) is 4.37. The number of hydrogen-bond acceptors (Lipinski definition) is 5. The van der Waals surface area contributed by atoms with Crippen molar-refractivity contribution in [3.63, 3.8) is 0 Å². The first-order valence-electron chi connectivity index (χ1n) is 11.4. The van der Waals surface area contributed by atoms with E-state index in [1.807, 2.05) is 20.8 Å². The lowest BCUT2D eigenvalue weighted by atomic mass is 9.86. The number of piperidine rings is 1. The number of nitrogens with one attached hydrogen (secondary N) is 2. The fraction of sp³-hybridized carbons (Fsp3) is 0.346. The maximum atomic E-state index is 14.7. The Kier molecular flexibility index (Phi) is 6.27. The summed E-state index contributed by atoms with van der Waals surface area (Å²) in [6.45, 7) is 5.78. The highest BCUT2D eigenvalue weighted by molar-refractivity contribution is 6.42. The molecule has 0 radical (unpaired) electrons. The number of hydrogen-bond donors (Lipinski definition) is 2. The van der Waals surface area contributed by atoms with Crippen LogP contribution < -0.4 is 10.6 Å². The minimum Gasteiger partial charge on any atom is -0.345 e. The Balaban J connectivity index is 1.48. The molecule has 0 aliphatic carbocycles. The number of carbonyl (C=O) groups excluding carboxylic acids is 5. The minimum absolute atomic E-state index is 0.0361. The van der Waals surface area contributed by atoms with Gasteiger partial charge in [-0.1, -0.05) is 45.0 Å². The van der Waals surface area contributed by atoms with Crippen molar-refractivity contribution in [1.29, 1.82) is 0 Å². The second-order valence-electron chi connectivity index (χ2n) is 9.79. The van der Waals surface area contributed by atoms with Gasteiger partial charge in [0.15, 0.2) is 0 Å². The van der Waals surface area contributed by atoms with E-state index >= 15 is 0 Å². The molecule has 1 unspecified atom stereocenters. The maximum Gasteiger partial charge on any atom is 0.292 e. The SMILES string of the molecule is CC(C)(C)c1ccc(C(=O)C(=O)NCc2c(F)ccc3c2CN(C2CCC(=O)NC2=O)C3=O)cc1. The van der Waals surface area contributed by atoms with Crippen LogP contribution in [0.15, 0.2) is 36.4 Å². The molecule has 1 fully saturated rings. The Morgan fingerprint density at radius 1 is 1.09 bits per heavy atom. The van der Waals surface area contributed by atoms with Gasteiger partial charge >= 0.3 is 0 Å². The number of imide groups is 1. The number of rotatable bonds is 5. The largest absolute Gasteiger partial charge is 0.345 e. The second-order valence-corrected chi connectivity index (χ2v) is 9.79. The molecule has 0 bridgehead atoms. The van der Waals surface area contributed by atoms with E-state index in [0.29, 0.717) is 5.56 Å². The zero-order chi connectivity index (χ0) is 25.5. The van der Waals surface area contributed by atoms with E-state index in [1.54, 1.807) is 24.3 Å². The first-order chi connectivity index (χ1) is 16.5. The first-order valence-corrected chi connectivity index (χ1v) is 11.4. The quantitative estimate of drug-likeness (QED) is 0.389. The van der Waals surface area contributed by atoms with E-state index < -0.39 is 41.3 Å². The summed E-state index contributed by atoms with van der Waals surface area (Å²) in [4.78, 5) is 63.0. The highest BCUT2D eigenvalue weighted by atomic mass is 19.1. The molecule has 2 N–H and O–H groups in total. The highest BCUT2D eigenvalue weighted by Gasteiger charge is 2.40. The number of fused-ring (bicyclic) bond motifs is 1. The summed E-state index contributed by atoms with van der Waals surface area (Å²) < 4.78 is 14.7. The molecule has 1 atom stereocenters. The van der Waals surface area contributed by atoms with Crippen LogP contribution in [-0.4, -0.2) is 40.4 Å². The summed E-state index contributed by atoms with van der Waals surface area (Å²) in [5.74, 6) is -3.69. The Morgan fingerprint density at radius 3 is 2.40 bits per heavy atom. The smallest absolute Gasteiger partial charge is 0.292 e. The zero-order valence-electron chi connectivity index (χ0n) is 19.7. The Morgan fingerprint density at radius 2 is 1.77 bits per heavy atom. The van der Waals surface area contributed by atoms with Crippen LogP contribution >= 0.6 is 0 Å². The van der Waals surface area contributed by atoms with Crippen LogP contribution in [0.25, 0.3) is 0 Å². The Bertz CT molecular complexity index is 1250. The number of benzene rings is 2. The molecule has 0 aromatic heterocycles. The van der Waals surface area contributed by atoms with Crippen molar-refractivity contribution in [1.82, 2.24) is 15.5 Å². The van der Waals surface area contributed by atoms with Gasteiger partial charge in [-0.15, -0.1) is 0 Å². The monoisotopic (exact) mass is 479 g/mol. The number of carbonyl (C=O) groups is 5. The van der Waals surface area contributed by atoms with Gasteiger partial charge in [0.2, 0.25) is 17.6 Å². The molecular formula is C26H26FN3O5. The van der Waals surface area contributed by atoms with Gasteiger partial charge in [-0.2, -0.15) is 0 Å². The van der Waals surface area contributed by atoms with Crippen molar-refractivity contribution in [3.05, 3.63) is 70.0 Å². The highest BCUT2D eigenvalue weighted by Crippen LogP contribution is 2.31. The molecule has 9 heteroatoms. The third-order valence-corrected chi connectivity index (χ3v) is 6.43. The van der Waals surface area contributed by atoms with Crippen molar-refractivity contribution in [3.8, 4) is 0 Å². The lowest BCUT2D eigenvalue weighted by molar-refractivity contribution is -0.136. The summed E-state index contributed by atoms with van der Waals surface area (Å²) in [5, 5.41) is 4.67. The molecule has 8 nitrogen and oxygen atoms in total. The summed E-state index contributed by atoms with van der Waals surface area (Å²) in [6.07, 6.45) is 0.286. The molecule has 1 saturated heterocycles. The maximum absolute atomic E-state index is 14.7. The fourth-order valence-electron chi connectivity index (χ4n) is 4.37. The molecule has 2 aromatic rings. The van der Waals surface area contributed by atoms with Gasteiger partial charge in [-0.3, -0.25) is 29.3 Å². The first kappa shape index (κ1) is 24.3. The number of ketones is 1. The van der Waals surface area contributed by atoms with Gasteiger partial charge in [0.05, 0.1) is 0 Å². The van der Waals surface area contributed by atoms with Crippen LogP contribution in [0.5, 0.6) is 0 Å².